The summed E-state index contributed by atoms with van der Waals surface area (Å²) in [6, 6.07) is 8.51. The molecule has 0 atom stereocenters. The highest BCUT2D eigenvalue weighted by Gasteiger charge is 1.96. The third-order valence-electron chi connectivity index (χ3n) is 1.96. The van der Waals surface area contributed by atoms with Gasteiger partial charge in [-0.15, -0.1) is 0 Å². The predicted molar refractivity (Wildman–Crippen MR) is 66.6 cm³/mol. The minimum absolute atomic E-state index is 0.953. The molecule has 0 amide bonds. The van der Waals surface area contributed by atoms with Gasteiger partial charge in [0.2, 0.25) is 0 Å². The van der Waals surface area contributed by atoms with Gasteiger partial charge in [-0.25, -0.2) is 0 Å². The monoisotopic (exact) mass is 253 g/mol. The van der Waals surface area contributed by atoms with Gasteiger partial charge in [-0.2, -0.15) is 0 Å². The SMILES string of the molecule is Cc1ccc(C(Br)=CCN(C)C)cc1. The first-order valence-corrected chi connectivity index (χ1v) is 5.46. The van der Waals surface area contributed by atoms with Crippen LogP contribution in [0, 0.1) is 6.92 Å². The molecule has 1 aromatic rings. The smallest absolute Gasteiger partial charge is 0.0220 e. The summed E-state index contributed by atoms with van der Waals surface area (Å²) in [5.74, 6) is 0. The third kappa shape index (κ3) is 3.64. The van der Waals surface area contributed by atoms with E-state index in [9.17, 15) is 0 Å². The first kappa shape index (κ1) is 11.5. The molecule has 14 heavy (non-hydrogen) atoms. The van der Waals surface area contributed by atoms with E-state index < -0.39 is 0 Å². The lowest BCUT2D eigenvalue weighted by molar-refractivity contribution is 0.457. The Hall–Kier alpha value is -0.600. The Morgan fingerprint density at radius 3 is 2.36 bits per heavy atom. The first-order chi connectivity index (χ1) is 6.59. The standard InChI is InChI=1S/C12H16BrN/c1-10-4-6-11(7-5-10)12(13)8-9-14(2)3/h4-8H,9H2,1-3H3. The van der Waals surface area contributed by atoms with Crippen molar-refractivity contribution in [2.24, 2.45) is 0 Å². The Bertz CT molecular complexity index is 312. The van der Waals surface area contributed by atoms with Crippen molar-refractivity contribution in [1.82, 2.24) is 4.90 Å². The number of likely N-dealkylation sites (N-methyl/N-ethyl adjacent to an activating group) is 1. The average molecular weight is 254 g/mol. The molecule has 1 nitrogen and oxygen atoms in total. The van der Waals surface area contributed by atoms with Crippen molar-refractivity contribution in [1.29, 1.82) is 0 Å². The van der Waals surface area contributed by atoms with Gasteiger partial charge in [-0.3, -0.25) is 0 Å². The minimum Gasteiger partial charge on any atom is -0.306 e. The van der Waals surface area contributed by atoms with E-state index in [1.165, 1.54) is 11.1 Å². The van der Waals surface area contributed by atoms with Crippen LogP contribution in [0.2, 0.25) is 0 Å². The lowest BCUT2D eigenvalue weighted by Gasteiger charge is -2.06. The fraction of sp³-hybridized carbons (Fsp3) is 0.333. The van der Waals surface area contributed by atoms with E-state index in [4.69, 9.17) is 0 Å². The second-order valence-corrected chi connectivity index (χ2v) is 4.53. The first-order valence-electron chi connectivity index (χ1n) is 4.67. The Labute approximate surface area is 94.6 Å². The zero-order valence-corrected chi connectivity index (χ0v) is 10.5. The van der Waals surface area contributed by atoms with E-state index in [-0.39, 0.29) is 0 Å². The highest BCUT2D eigenvalue weighted by Crippen LogP contribution is 2.20. The molecular formula is C12H16BrN. The number of benzene rings is 1. The summed E-state index contributed by atoms with van der Waals surface area (Å²) in [4.78, 5) is 2.13. The summed E-state index contributed by atoms with van der Waals surface area (Å²) in [7, 11) is 4.12. The largest absolute Gasteiger partial charge is 0.306 e. The van der Waals surface area contributed by atoms with Crippen LogP contribution in [0.25, 0.3) is 4.48 Å². The van der Waals surface area contributed by atoms with Crippen LogP contribution in [0.4, 0.5) is 0 Å². The number of halogens is 1. The molecule has 0 saturated heterocycles. The van der Waals surface area contributed by atoms with E-state index in [1.807, 2.05) is 0 Å². The third-order valence-corrected chi connectivity index (χ3v) is 2.74. The van der Waals surface area contributed by atoms with Crippen molar-refractivity contribution >= 4 is 20.4 Å². The summed E-state index contributed by atoms with van der Waals surface area (Å²) in [6.07, 6.45) is 2.17. The Balaban J connectivity index is 2.73. The van der Waals surface area contributed by atoms with Gasteiger partial charge in [0.1, 0.15) is 0 Å². The molecule has 0 saturated carbocycles. The van der Waals surface area contributed by atoms with Crippen LogP contribution >= 0.6 is 15.9 Å². The van der Waals surface area contributed by atoms with Gasteiger partial charge in [0.15, 0.2) is 0 Å². The fourth-order valence-electron chi connectivity index (χ4n) is 1.09. The minimum atomic E-state index is 0.953. The summed E-state index contributed by atoms with van der Waals surface area (Å²) in [5.41, 5.74) is 2.53. The summed E-state index contributed by atoms with van der Waals surface area (Å²) >= 11 is 3.57. The predicted octanol–water partition coefficient (Wildman–Crippen LogP) is 3.29. The highest BCUT2D eigenvalue weighted by atomic mass is 79.9. The van der Waals surface area contributed by atoms with Crippen LogP contribution in [0.1, 0.15) is 11.1 Å². The normalized spacial score (nSPS) is 12.2. The maximum Gasteiger partial charge on any atom is 0.0220 e. The molecule has 0 spiro atoms. The topological polar surface area (TPSA) is 3.24 Å². The molecule has 0 bridgehead atoms. The van der Waals surface area contributed by atoms with Crippen molar-refractivity contribution < 1.29 is 0 Å². The van der Waals surface area contributed by atoms with Gasteiger partial charge in [0.05, 0.1) is 0 Å². The molecule has 0 N–H and O–H groups in total. The Morgan fingerprint density at radius 2 is 1.86 bits per heavy atom. The van der Waals surface area contributed by atoms with E-state index in [2.05, 4.69) is 72.2 Å². The Morgan fingerprint density at radius 1 is 1.29 bits per heavy atom. The number of hydrogen-bond acceptors (Lipinski definition) is 1. The van der Waals surface area contributed by atoms with Crippen molar-refractivity contribution in [2.75, 3.05) is 20.6 Å². The summed E-state index contributed by atoms with van der Waals surface area (Å²) in [5, 5.41) is 0. The molecule has 0 aliphatic heterocycles. The van der Waals surface area contributed by atoms with Crippen molar-refractivity contribution in [3.8, 4) is 0 Å². The molecule has 1 aromatic carbocycles. The van der Waals surface area contributed by atoms with Gasteiger partial charge in [-0.05, 0) is 26.6 Å². The van der Waals surface area contributed by atoms with Gasteiger partial charge in [0.25, 0.3) is 0 Å². The molecular weight excluding hydrogens is 238 g/mol. The number of nitrogens with zero attached hydrogens (tertiary/aromatic N) is 1. The van der Waals surface area contributed by atoms with Crippen molar-refractivity contribution in [3.63, 3.8) is 0 Å². The molecule has 0 aliphatic carbocycles. The van der Waals surface area contributed by atoms with E-state index in [0.717, 1.165) is 11.0 Å². The molecule has 0 unspecified atom stereocenters. The second kappa shape index (κ2) is 5.32. The molecule has 76 valence electrons. The van der Waals surface area contributed by atoms with Gasteiger partial charge in [-0.1, -0.05) is 51.8 Å². The van der Waals surface area contributed by atoms with Crippen molar-refractivity contribution in [2.45, 2.75) is 6.92 Å². The molecule has 0 aromatic heterocycles. The quantitative estimate of drug-likeness (QED) is 0.800. The van der Waals surface area contributed by atoms with E-state index >= 15 is 0 Å². The molecule has 1 rings (SSSR count). The number of aryl methyl sites for hydroxylation is 1. The van der Waals surface area contributed by atoms with Crippen LogP contribution in [-0.4, -0.2) is 25.5 Å². The molecule has 0 aliphatic rings. The second-order valence-electron chi connectivity index (χ2n) is 3.68. The summed E-state index contributed by atoms with van der Waals surface area (Å²) < 4.78 is 1.16. The zero-order chi connectivity index (χ0) is 10.6. The zero-order valence-electron chi connectivity index (χ0n) is 8.92. The van der Waals surface area contributed by atoms with Crippen molar-refractivity contribution in [3.05, 3.63) is 41.5 Å². The molecule has 0 fully saturated rings. The maximum absolute atomic E-state index is 3.57. The van der Waals surface area contributed by atoms with E-state index in [1.54, 1.807) is 0 Å². The fourth-order valence-corrected chi connectivity index (χ4v) is 1.50. The lowest BCUT2D eigenvalue weighted by Crippen LogP contribution is -2.10. The maximum atomic E-state index is 3.57. The average Bonchev–Trinajstić information content (AvgIpc) is 2.15. The van der Waals surface area contributed by atoms with Gasteiger partial charge >= 0.3 is 0 Å². The Kier molecular flexibility index (Phi) is 4.36. The van der Waals surface area contributed by atoms with Crippen LogP contribution in [0.15, 0.2) is 30.3 Å². The van der Waals surface area contributed by atoms with Crippen LogP contribution in [0.5, 0.6) is 0 Å². The van der Waals surface area contributed by atoms with Crippen LogP contribution < -0.4 is 0 Å². The van der Waals surface area contributed by atoms with Crippen LogP contribution in [0.3, 0.4) is 0 Å². The molecule has 0 heterocycles. The van der Waals surface area contributed by atoms with Gasteiger partial charge in [0, 0.05) is 11.0 Å². The lowest BCUT2D eigenvalue weighted by atomic mass is 10.1. The number of hydrogen-bond donors (Lipinski definition) is 0. The van der Waals surface area contributed by atoms with E-state index in [0.29, 0.717) is 0 Å². The molecule has 0 radical (unpaired) electrons. The molecule has 2 heteroatoms. The number of rotatable bonds is 3. The van der Waals surface area contributed by atoms with Gasteiger partial charge < -0.3 is 4.90 Å². The van der Waals surface area contributed by atoms with Crippen LogP contribution in [-0.2, 0) is 0 Å². The summed E-state index contributed by atoms with van der Waals surface area (Å²) in [6.45, 7) is 3.05. The highest BCUT2D eigenvalue weighted by molar-refractivity contribution is 9.15.